The maximum Gasteiger partial charge on any atom is 0.411 e. The first-order valence-electron chi connectivity index (χ1n) is 11.3. The summed E-state index contributed by atoms with van der Waals surface area (Å²) in [6.07, 6.45) is 6.74. The Morgan fingerprint density at radius 2 is 1.91 bits per heavy atom. The molecular formula is C26H30N2O6. The van der Waals surface area contributed by atoms with Gasteiger partial charge in [0.2, 0.25) is 0 Å². The second-order valence-electron chi connectivity index (χ2n) is 9.54. The van der Waals surface area contributed by atoms with Gasteiger partial charge < -0.3 is 19.3 Å². The number of dihydropyridines is 1. The largest absolute Gasteiger partial charge is 0.497 e. The standard InChI is InChI=1S/C26H30N2O6/c1-26(2,3)34-25(31)28-15-18(13-22(28)24(29)30)33-23-14-20(16-8-6-5-7-9-16)27-21-12-17(32-4)10-11-19(21)23/h5-12,14,18-19,21-22H,13,15H2,1-4H3,(H,29,30)/t18-,19?,21?,22+/m1/s1. The molecule has 3 aliphatic rings. The smallest absolute Gasteiger partial charge is 0.411 e. The number of carbonyl (C=O) groups excluding carboxylic acids is 1. The number of likely N-dealkylation sites (tertiary alicyclic amines) is 1. The Kier molecular flexibility index (Phi) is 6.50. The molecule has 0 aromatic heterocycles. The molecule has 2 heterocycles. The van der Waals surface area contributed by atoms with Crippen LogP contribution in [0.1, 0.15) is 32.8 Å². The van der Waals surface area contributed by atoms with Crippen molar-refractivity contribution in [2.75, 3.05) is 13.7 Å². The molecule has 2 unspecified atom stereocenters. The summed E-state index contributed by atoms with van der Waals surface area (Å²) in [7, 11) is 1.62. The van der Waals surface area contributed by atoms with Crippen LogP contribution in [-0.4, -0.2) is 65.2 Å². The number of aliphatic imine (C=N–C) groups is 1. The predicted octanol–water partition coefficient (Wildman–Crippen LogP) is 3.94. The summed E-state index contributed by atoms with van der Waals surface area (Å²) in [5.74, 6) is 0.178. The van der Waals surface area contributed by atoms with E-state index in [0.29, 0.717) is 5.76 Å². The van der Waals surface area contributed by atoms with Crippen molar-refractivity contribution < 1.29 is 28.9 Å². The zero-order valence-electron chi connectivity index (χ0n) is 19.8. The van der Waals surface area contributed by atoms with Gasteiger partial charge in [-0.25, -0.2) is 9.59 Å². The predicted molar refractivity (Wildman–Crippen MR) is 126 cm³/mol. The highest BCUT2D eigenvalue weighted by Gasteiger charge is 2.44. The maximum absolute atomic E-state index is 12.7. The van der Waals surface area contributed by atoms with E-state index in [4.69, 9.17) is 19.2 Å². The van der Waals surface area contributed by atoms with Gasteiger partial charge in [-0.05, 0) is 38.5 Å². The molecule has 1 aromatic carbocycles. The molecule has 1 fully saturated rings. The number of carbonyl (C=O) groups is 2. The summed E-state index contributed by atoms with van der Waals surface area (Å²) in [6, 6.07) is 8.57. The molecule has 0 bridgehead atoms. The molecule has 0 radical (unpaired) electrons. The van der Waals surface area contributed by atoms with Crippen LogP contribution < -0.4 is 0 Å². The molecule has 2 aliphatic heterocycles. The first-order valence-corrected chi connectivity index (χ1v) is 11.3. The zero-order chi connectivity index (χ0) is 24.5. The topological polar surface area (TPSA) is 97.7 Å². The third-order valence-electron chi connectivity index (χ3n) is 5.85. The molecule has 1 saturated heterocycles. The maximum atomic E-state index is 12.7. The minimum absolute atomic E-state index is 0.126. The van der Waals surface area contributed by atoms with E-state index < -0.39 is 29.8 Å². The van der Waals surface area contributed by atoms with Crippen LogP contribution in [0.4, 0.5) is 4.79 Å². The number of methoxy groups -OCH3 is 1. The molecule has 4 atom stereocenters. The van der Waals surface area contributed by atoms with E-state index in [9.17, 15) is 14.7 Å². The number of aliphatic carboxylic acids is 1. The average Bonchev–Trinajstić information content (AvgIpc) is 3.22. The van der Waals surface area contributed by atoms with E-state index in [0.717, 1.165) is 17.0 Å². The Balaban J connectivity index is 1.59. The van der Waals surface area contributed by atoms with Crippen molar-refractivity contribution >= 4 is 17.8 Å². The van der Waals surface area contributed by atoms with Crippen molar-refractivity contribution in [1.82, 2.24) is 4.90 Å². The van der Waals surface area contributed by atoms with Crippen LogP contribution in [0, 0.1) is 5.92 Å². The number of allylic oxidation sites excluding steroid dienone is 2. The van der Waals surface area contributed by atoms with Gasteiger partial charge >= 0.3 is 12.1 Å². The highest BCUT2D eigenvalue weighted by atomic mass is 16.6. The lowest BCUT2D eigenvalue weighted by molar-refractivity contribution is -0.142. The fourth-order valence-corrected chi connectivity index (χ4v) is 4.30. The number of ether oxygens (including phenoxy) is 3. The molecule has 0 saturated carbocycles. The second kappa shape index (κ2) is 9.37. The lowest BCUT2D eigenvalue weighted by Gasteiger charge is -2.31. The lowest BCUT2D eigenvalue weighted by atomic mass is 9.88. The van der Waals surface area contributed by atoms with Crippen molar-refractivity contribution in [2.24, 2.45) is 10.9 Å². The average molecular weight is 467 g/mol. The van der Waals surface area contributed by atoms with Crippen LogP contribution in [0.15, 0.2) is 71.1 Å². The number of fused-ring (bicyclic) bond motifs is 1. The van der Waals surface area contributed by atoms with Gasteiger partial charge in [0.25, 0.3) is 0 Å². The molecule has 4 rings (SSSR count). The fourth-order valence-electron chi connectivity index (χ4n) is 4.30. The summed E-state index contributed by atoms with van der Waals surface area (Å²) in [5.41, 5.74) is 1.00. The van der Waals surface area contributed by atoms with Crippen LogP contribution in [0.2, 0.25) is 0 Å². The minimum Gasteiger partial charge on any atom is -0.497 e. The molecule has 8 nitrogen and oxygen atoms in total. The number of amides is 1. The van der Waals surface area contributed by atoms with Gasteiger partial charge in [0.05, 0.1) is 31.3 Å². The van der Waals surface area contributed by atoms with Crippen molar-refractivity contribution in [3.8, 4) is 0 Å². The van der Waals surface area contributed by atoms with E-state index in [1.165, 1.54) is 4.90 Å². The SMILES string of the molecule is COC1=CC2N=C(c3ccccc3)C=C(O[C@@H]3C[C@@H](C(=O)O)N(C(=O)OC(C)(C)C)C3)C2C=C1. The third kappa shape index (κ3) is 5.16. The van der Waals surface area contributed by atoms with Gasteiger partial charge in [0.1, 0.15) is 29.3 Å². The first-order chi connectivity index (χ1) is 16.1. The quantitative estimate of drug-likeness (QED) is 0.706. The monoisotopic (exact) mass is 466 g/mol. The Morgan fingerprint density at radius 1 is 1.18 bits per heavy atom. The Morgan fingerprint density at radius 3 is 2.56 bits per heavy atom. The normalized spacial score (nSPS) is 26.1. The van der Waals surface area contributed by atoms with Gasteiger partial charge in [0, 0.05) is 12.5 Å². The molecule has 1 N–H and O–H groups in total. The number of carboxylic acids is 1. The van der Waals surface area contributed by atoms with Gasteiger partial charge in [-0.2, -0.15) is 0 Å². The van der Waals surface area contributed by atoms with Crippen molar-refractivity contribution in [2.45, 2.75) is 51.0 Å². The van der Waals surface area contributed by atoms with Crippen LogP contribution in [0.3, 0.4) is 0 Å². The van der Waals surface area contributed by atoms with Crippen LogP contribution >= 0.6 is 0 Å². The van der Waals surface area contributed by atoms with Crippen molar-refractivity contribution in [1.29, 1.82) is 0 Å². The summed E-state index contributed by atoms with van der Waals surface area (Å²) in [6.45, 7) is 5.37. The third-order valence-corrected chi connectivity index (χ3v) is 5.85. The van der Waals surface area contributed by atoms with Crippen molar-refractivity contribution in [3.63, 3.8) is 0 Å². The Bertz CT molecular complexity index is 1070. The van der Waals surface area contributed by atoms with Gasteiger partial charge in [-0.1, -0.05) is 36.4 Å². The Labute approximate surface area is 199 Å². The number of carboxylic acid groups (broad SMARTS) is 1. The van der Waals surface area contributed by atoms with Crippen LogP contribution in [0.25, 0.3) is 0 Å². The molecule has 0 spiro atoms. The van der Waals surface area contributed by atoms with Crippen LogP contribution in [0.5, 0.6) is 0 Å². The zero-order valence-corrected chi connectivity index (χ0v) is 19.8. The molecule has 1 aliphatic carbocycles. The number of hydrogen-bond donors (Lipinski definition) is 1. The van der Waals surface area contributed by atoms with Gasteiger partial charge in [0.15, 0.2) is 0 Å². The summed E-state index contributed by atoms with van der Waals surface area (Å²) in [5, 5.41) is 9.72. The van der Waals surface area contributed by atoms with Crippen molar-refractivity contribution in [3.05, 3.63) is 71.7 Å². The summed E-state index contributed by atoms with van der Waals surface area (Å²) < 4.78 is 17.2. The van der Waals surface area contributed by atoms with Gasteiger partial charge in [-0.3, -0.25) is 9.89 Å². The van der Waals surface area contributed by atoms with E-state index in [1.807, 2.05) is 54.6 Å². The second-order valence-corrected chi connectivity index (χ2v) is 9.54. The number of benzene rings is 1. The summed E-state index contributed by atoms with van der Waals surface area (Å²) in [4.78, 5) is 30.7. The molecule has 1 aromatic rings. The number of nitrogens with zero attached hydrogens (tertiary/aromatic N) is 2. The van der Waals surface area contributed by atoms with E-state index >= 15 is 0 Å². The molecular weight excluding hydrogens is 436 g/mol. The molecule has 180 valence electrons. The van der Waals surface area contributed by atoms with E-state index in [2.05, 4.69) is 0 Å². The molecule has 1 amide bonds. The lowest BCUT2D eigenvalue weighted by Crippen LogP contribution is -2.43. The first kappa shape index (κ1) is 23.6. The molecule has 34 heavy (non-hydrogen) atoms. The fraction of sp³-hybridized carbons (Fsp3) is 0.423. The minimum atomic E-state index is -1.08. The summed E-state index contributed by atoms with van der Waals surface area (Å²) >= 11 is 0. The number of rotatable bonds is 5. The highest BCUT2D eigenvalue weighted by molar-refractivity contribution is 6.09. The Hall–Kier alpha value is -3.55. The number of hydrogen-bond acceptors (Lipinski definition) is 6. The highest BCUT2D eigenvalue weighted by Crippen LogP contribution is 2.34. The van der Waals surface area contributed by atoms with Gasteiger partial charge in [-0.15, -0.1) is 0 Å². The van der Waals surface area contributed by atoms with E-state index in [1.54, 1.807) is 27.9 Å². The van der Waals surface area contributed by atoms with Crippen LogP contribution in [-0.2, 0) is 19.0 Å². The molecule has 8 heteroatoms. The van der Waals surface area contributed by atoms with E-state index in [-0.39, 0.29) is 24.9 Å².